The summed E-state index contributed by atoms with van der Waals surface area (Å²) in [6.45, 7) is 6.02. The summed E-state index contributed by atoms with van der Waals surface area (Å²) in [7, 11) is -3.38. The summed E-state index contributed by atoms with van der Waals surface area (Å²) in [5.74, 6) is -0.0354. The molecule has 0 atom stereocenters. The number of sulfonamides is 1. The Hall–Kier alpha value is -0.980. The van der Waals surface area contributed by atoms with Crippen molar-refractivity contribution >= 4 is 27.2 Å². The highest BCUT2D eigenvalue weighted by atomic mass is 32.2. The molecule has 0 spiro atoms. The molecule has 0 aliphatic carbocycles. The minimum atomic E-state index is -3.38. The van der Waals surface area contributed by atoms with Crippen LogP contribution in [0.15, 0.2) is 24.3 Å². The summed E-state index contributed by atoms with van der Waals surface area (Å²) >= 11 is 4.88. The highest BCUT2D eigenvalue weighted by Crippen LogP contribution is 2.21. The normalized spacial score (nSPS) is 12.3. The number of benzene rings is 1. The van der Waals surface area contributed by atoms with Gasteiger partial charge in [0.25, 0.3) is 0 Å². The molecule has 0 aliphatic rings. The van der Waals surface area contributed by atoms with E-state index in [1.807, 2.05) is 20.8 Å². The number of hydrogen-bond donors (Lipinski definition) is 2. The molecule has 0 fully saturated rings. The summed E-state index contributed by atoms with van der Waals surface area (Å²) in [6.07, 6.45) is 2.33. The molecule has 0 amide bonds. The van der Waals surface area contributed by atoms with Crippen molar-refractivity contribution in [2.45, 2.75) is 51.3 Å². The van der Waals surface area contributed by atoms with Crippen molar-refractivity contribution in [2.75, 3.05) is 0 Å². The van der Waals surface area contributed by atoms with E-state index in [1.165, 1.54) is 0 Å². The van der Waals surface area contributed by atoms with Crippen LogP contribution in [-0.4, -0.2) is 18.9 Å². The number of thiocarbonyl (C=S) groups is 1. The van der Waals surface area contributed by atoms with Crippen molar-refractivity contribution in [3.05, 3.63) is 35.4 Å². The van der Waals surface area contributed by atoms with E-state index in [-0.39, 0.29) is 11.3 Å². The smallest absolute Gasteiger partial charge is 0.216 e. The van der Waals surface area contributed by atoms with Crippen molar-refractivity contribution in [1.29, 1.82) is 0 Å². The molecule has 0 aliphatic heterocycles. The van der Waals surface area contributed by atoms with Gasteiger partial charge in [-0.3, -0.25) is 0 Å². The van der Waals surface area contributed by atoms with Crippen LogP contribution in [0.4, 0.5) is 0 Å². The van der Waals surface area contributed by atoms with Gasteiger partial charge in [0, 0.05) is 11.1 Å². The number of nitrogens with one attached hydrogen (secondary N) is 1. The van der Waals surface area contributed by atoms with Gasteiger partial charge in [-0.25, -0.2) is 13.1 Å². The average Bonchev–Trinajstić information content (AvgIpc) is 2.45. The van der Waals surface area contributed by atoms with Gasteiger partial charge in [-0.05, 0) is 24.8 Å². The number of nitrogens with two attached hydrogens (primary N) is 1. The first-order valence-corrected chi connectivity index (χ1v) is 9.24. The molecule has 1 rings (SSSR count). The third-order valence-corrected chi connectivity index (χ3v) is 5.69. The minimum Gasteiger partial charge on any atom is -0.389 e. The molecule has 0 heterocycles. The van der Waals surface area contributed by atoms with Gasteiger partial charge < -0.3 is 5.73 Å². The highest BCUT2D eigenvalue weighted by Gasteiger charge is 2.29. The Balaban J connectivity index is 2.87. The van der Waals surface area contributed by atoms with Crippen molar-refractivity contribution in [3.8, 4) is 0 Å². The Morgan fingerprint density at radius 1 is 1.14 bits per heavy atom. The van der Waals surface area contributed by atoms with Crippen LogP contribution in [-0.2, 0) is 15.8 Å². The number of hydrogen-bond acceptors (Lipinski definition) is 3. The van der Waals surface area contributed by atoms with Crippen molar-refractivity contribution in [1.82, 2.24) is 4.72 Å². The maximum absolute atomic E-state index is 12.3. The fraction of sp³-hybridized carbons (Fsp3) is 0.533. The molecular weight excluding hydrogens is 304 g/mol. The lowest BCUT2D eigenvalue weighted by atomic mass is 9.91. The maximum Gasteiger partial charge on any atom is 0.216 e. The first kappa shape index (κ1) is 18.1. The maximum atomic E-state index is 12.3. The van der Waals surface area contributed by atoms with Crippen LogP contribution in [0.5, 0.6) is 0 Å². The van der Waals surface area contributed by atoms with E-state index in [0.717, 1.165) is 30.4 Å². The largest absolute Gasteiger partial charge is 0.389 e. The molecule has 0 radical (unpaired) electrons. The predicted molar refractivity (Wildman–Crippen MR) is 91.7 cm³/mol. The van der Waals surface area contributed by atoms with E-state index >= 15 is 0 Å². The minimum absolute atomic E-state index is 0.0354. The molecule has 6 heteroatoms. The van der Waals surface area contributed by atoms with E-state index < -0.39 is 10.0 Å². The van der Waals surface area contributed by atoms with Crippen molar-refractivity contribution in [3.63, 3.8) is 0 Å². The summed E-state index contributed by atoms with van der Waals surface area (Å²) in [4.78, 5) is 0.310. The molecule has 3 N–H and O–H groups in total. The molecule has 21 heavy (non-hydrogen) atoms. The summed E-state index contributed by atoms with van der Waals surface area (Å²) in [6, 6.07) is 7.00. The van der Waals surface area contributed by atoms with Gasteiger partial charge in [-0.1, -0.05) is 57.3 Å². The fourth-order valence-electron chi connectivity index (χ4n) is 2.32. The summed E-state index contributed by atoms with van der Waals surface area (Å²) in [5.41, 5.74) is 6.64. The van der Waals surface area contributed by atoms with Crippen LogP contribution < -0.4 is 10.5 Å². The zero-order valence-electron chi connectivity index (χ0n) is 12.8. The van der Waals surface area contributed by atoms with Gasteiger partial charge in [0.1, 0.15) is 4.99 Å². The van der Waals surface area contributed by atoms with E-state index in [9.17, 15) is 8.42 Å². The predicted octanol–water partition coefficient (Wildman–Crippen LogP) is 2.71. The van der Waals surface area contributed by atoms with Gasteiger partial charge in [0.2, 0.25) is 10.0 Å². The van der Waals surface area contributed by atoms with Crippen LogP contribution >= 0.6 is 12.2 Å². The Kier molecular flexibility index (Phi) is 6.31. The molecule has 0 aromatic heterocycles. The Labute approximate surface area is 133 Å². The molecule has 1 aromatic rings. The lowest BCUT2D eigenvalue weighted by molar-refractivity contribution is 0.341. The molecule has 0 unspecified atom stereocenters. The van der Waals surface area contributed by atoms with Crippen molar-refractivity contribution < 1.29 is 8.42 Å². The average molecular weight is 329 g/mol. The first-order chi connectivity index (χ1) is 9.77. The molecule has 118 valence electrons. The van der Waals surface area contributed by atoms with Gasteiger partial charge in [-0.2, -0.15) is 0 Å². The molecule has 4 nitrogen and oxygen atoms in total. The fourth-order valence-corrected chi connectivity index (χ4v) is 4.25. The highest BCUT2D eigenvalue weighted by molar-refractivity contribution is 7.88. The molecule has 0 saturated carbocycles. The van der Waals surface area contributed by atoms with E-state index in [0.29, 0.717) is 4.99 Å². The Morgan fingerprint density at radius 3 is 2.00 bits per heavy atom. The quantitative estimate of drug-likeness (QED) is 0.720. The van der Waals surface area contributed by atoms with Crippen LogP contribution in [0.25, 0.3) is 0 Å². The molecule has 1 aromatic carbocycles. The second kappa shape index (κ2) is 7.33. The van der Waals surface area contributed by atoms with Crippen LogP contribution in [0, 0.1) is 0 Å². The van der Waals surface area contributed by atoms with Crippen LogP contribution in [0.1, 0.15) is 51.2 Å². The monoisotopic (exact) mass is 328 g/mol. The number of rotatable bonds is 8. The van der Waals surface area contributed by atoms with Crippen LogP contribution in [0.2, 0.25) is 0 Å². The zero-order valence-corrected chi connectivity index (χ0v) is 14.5. The lowest BCUT2D eigenvalue weighted by Gasteiger charge is -2.31. The third-order valence-electron chi connectivity index (χ3n) is 4.00. The van der Waals surface area contributed by atoms with Gasteiger partial charge in [0.15, 0.2) is 0 Å². The standard InChI is InChI=1S/C15H24N2O2S2/c1-4-15(5-2,6-3)17-21(18,19)11-12-7-9-13(10-8-12)14(16)20/h7-10,17H,4-6,11H2,1-3H3,(H2,16,20). The lowest BCUT2D eigenvalue weighted by Crippen LogP contribution is -2.47. The summed E-state index contributed by atoms with van der Waals surface area (Å²) in [5, 5.41) is 0. The topological polar surface area (TPSA) is 72.2 Å². The third kappa shape index (κ3) is 5.05. The van der Waals surface area contributed by atoms with E-state index in [4.69, 9.17) is 18.0 Å². The van der Waals surface area contributed by atoms with Gasteiger partial charge in [-0.15, -0.1) is 0 Å². The Bertz CT molecular complexity index is 568. The summed E-state index contributed by atoms with van der Waals surface area (Å²) < 4.78 is 27.6. The van der Waals surface area contributed by atoms with Gasteiger partial charge in [0.05, 0.1) is 5.75 Å². The first-order valence-electron chi connectivity index (χ1n) is 7.18. The molecule has 0 bridgehead atoms. The zero-order chi connectivity index (χ0) is 16.1. The van der Waals surface area contributed by atoms with E-state index in [2.05, 4.69) is 4.72 Å². The van der Waals surface area contributed by atoms with Crippen molar-refractivity contribution in [2.24, 2.45) is 5.73 Å². The Morgan fingerprint density at radius 2 is 1.62 bits per heavy atom. The second-order valence-electron chi connectivity index (χ2n) is 5.26. The second-order valence-corrected chi connectivity index (χ2v) is 7.43. The van der Waals surface area contributed by atoms with Crippen LogP contribution in [0.3, 0.4) is 0 Å². The SMILES string of the molecule is CCC(CC)(CC)NS(=O)(=O)Cc1ccc(C(N)=S)cc1. The molecule has 0 saturated heterocycles. The molecular formula is C15H24N2O2S2. The van der Waals surface area contributed by atoms with Gasteiger partial charge >= 0.3 is 0 Å². The van der Waals surface area contributed by atoms with E-state index in [1.54, 1.807) is 24.3 Å².